The molecule has 27 heavy (non-hydrogen) atoms. The van der Waals surface area contributed by atoms with E-state index in [2.05, 4.69) is 16.8 Å². The number of aryl methyl sites for hydroxylation is 1. The first kappa shape index (κ1) is 18.9. The van der Waals surface area contributed by atoms with Gasteiger partial charge in [-0.15, -0.1) is 16.8 Å². The van der Waals surface area contributed by atoms with Gasteiger partial charge in [-0.1, -0.05) is 61.2 Å². The molecule has 0 N–H and O–H groups in total. The lowest BCUT2D eigenvalue weighted by Crippen LogP contribution is -2.27. The maximum Gasteiger partial charge on any atom is 0.242 e. The van der Waals surface area contributed by atoms with E-state index in [0.29, 0.717) is 6.54 Å². The molecule has 3 rings (SSSR count). The lowest BCUT2D eigenvalue weighted by Gasteiger charge is -2.23. The molecule has 0 spiro atoms. The molecule has 5 nitrogen and oxygen atoms in total. The van der Waals surface area contributed by atoms with Gasteiger partial charge in [-0.2, -0.15) is 0 Å². The van der Waals surface area contributed by atoms with Crippen LogP contribution in [0.3, 0.4) is 0 Å². The Morgan fingerprint density at radius 1 is 1.07 bits per heavy atom. The van der Waals surface area contributed by atoms with Crippen LogP contribution in [0.2, 0.25) is 0 Å². The molecule has 0 unspecified atom stereocenters. The van der Waals surface area contributed by atoms with Gasteiger partial charge < -0.3 is 4.57 Å². The van der Waals surface area contributed by atoms with E-state index in [1.54, 1.807) is 4.90 Å². The number of hydrogen-bond donors (Lipinski definition) is 0. The Labute approximate surface area is 163 Å². The minimum Gasteiger partial charge on any atom is -0.302 e. The lowest BCUT2D eigenvalue weighted by atomic mass is 10.2. The van der Waals surface area contributed by atoms with Gasteiger partial charge in [0.05, 0.1) is 5.75 Å². The van der Waals surface area contributed by atoms with E-state index in [4.69, 9.17) is 0 Å². The van der Waals surface area contributed by atoms with Gasteiger partial charge in [-0.3, -0.25) is 9.69 Å². The van der Waals surface area contributed by atoms with E-state index in [0.717, 1.165) is 28.8 Å². The fourth-order valence-corrected chi connectivity index (χ4v) is 3.60. The topological polar surface area (TPSA) is 51.0 Å². The minimum atomic E-state index is -0.0106. The fraction of sp³-hybridized carbons (Fsp3) is 0.190. The van der Waals surface area contributed by atoms with E-state index in [9.17, 15) is 4.79 Å². The van der Waals surface area contributed by atoms with Crippen LogP contribution in [0.25, 0.3) is 0 Å². The first-order valence-corrected chi connectivity index (χ1v) is 9.82. The highest BCUT2D eigenvalue weighted by Crippen LogP contribution is 2.27. The first-order chi connectivity index (χ1) is 13.2. The van der Waals surface area contributed by atoms with Crippen molar-refractivity contribution in [1.29, 1.82) is 0 Å². The molecular weight excluding hydrogens is 356 g/mol. The number of aromatic nitrogens is 3. The summed E-state index contributed by atoms with van der Waals surface area (Å²) in [5.41, 5.74) is 1.69. The third kappa shape index (κ3) is 4.46. The molecule has 6 heteroatoms. The number of benzene rings is 2. The molecule has 0 radical (unpaired) electrons. The van der Waals surface area contributed by atoms with Gasteiger partial charge in [0.2, 0.25) is 5.91 Å². The van der Waals surface area contributed by atoms with Crippen LogP contribution in [0.1, 0.15) is 12.7 Å². The smallest absolute Gasteiger partial charge is 0.242 e. The molecule has 0 atom stereocenters. The highest BCUT2D eigenvalue weighted by molar-refractivity contribution is 7.99. The molecule has 2 aromatic carbocycles. The molecule has 0 saturated heterocycles. The molecule has 0 saturated carbocycles. The van der Waals surface area contributed by atoms with E-state index in [1.807, 2.05) is 78.2 Å². The normalized spacial score (nSPS) is 10.6. The van der Waals surface area contributed by atoms with Crippen LogP contribution in [0.4, 0.5) is 11.4 Å². The molecule has 1 amide bonds. The third-order valence-corrected chi connectivity index (χ3v) is 4.98. The Hall–Kier alpha value is -2.86. The third-order valence-electron chi connectivity index (χ3n) is 4.02. The van der Waals surface area contributed by atoms with E-state index < -0.39 is 0 Å². The van der Waals surface area contributed by atoms with Crippen molar-refractivity contribution in [2.45, 2.75) is 25.0 Å². The Balaban J connectivity index is 1.82. The Kier molecular flexibility index (Phi) is 6.44. The Bertz CT molecular complexity index is 854. The van der Waals surface area contributed by atoms with Crippen LogP contribution in [-0.2, 0) is 17.8 Å². The predicted octanol–water partition coefficient (Wildman–Crippen LogP) is 4.48. The van der Waals surface area contributed by atoms with Crippen molar-refractivity contribution in [2.24, 2.45) is 0 Å². The zero-order valence-electron chi connectivity index (χ0n) is 15.3. The number of nitrogens with zero attached hydrogens (tertiary/aromatic N) is 4. The number of anilines is 2. The van der Waals surface area contributed by atoms with E-state index in [1.165, 1.54) is 11.8 Å². The number of carbonyl (C=O) groups excluding carboxylic acids is 1. The number of allylic oxidation sites excluding steroid dienone is 1. The lowest BCUT2D eigenvalue weighted by molar-refractivity contribution is -0.115. The first-order valence-electron chi connectivity index (χ1n) is 8.83. The molecule has 1 aromatic heterocycles. The van der Waals surface area contributed by atoms with E-state index in [-0.39, 0.29) is 11.7 Å². The SMILES string of the molecule is C=CCn1c(CC)nnc1SCC(=O)N(c1ccccc1)c1ccccc1. The number of carbonyl (C=O) groups is 1. The highest BCUT2D eigenvalue weighted by Gasteiger charge is 2.19. The standard InChI is InChI=1S/C21H22N4OS/c1-3-15-24-19(4-2)22-23-21(24)27-16-20(26)25(17-11-7-5-8-12-17)18-13-9-6-10-14-18/h3,5-14H,1,4,15-16H2,2H3. The summed E-state index contributed by atoms with van der Waals surface area (Å²) >= 11 is 1.40. The van der Waals surface area contributed by atoms with Gasteiger partial charge in [0.1, 0.15) is 5.82 Å². The summed E-state index contributed by atoms with van der Waals surface area (Å²) in [5.74, 6) is 1.15. The molecule has 0 aliphatic rings. The highest BCUT2D eigenvalue weighted by atomic mass is 32.2. The van der Waals surface area contributed by atoms with Crippen LogP contribution in [0.5, 0.6) is 0 Å². The molecule has 0 fully saturated rings. The number of thioether (sulfide) groups is 1. The van der Waals surface area contributed by atoms with Crippen molar-refractivity contribution in [3.63, 3.8) is 0 Å². The zero-order chi connectivity index (χ0) is 19.1. The zero-order valence-corrected chi connectivity index (χ0v) is 16.1. The second-order valence-electron chi connectivity index (χ2n) is 5.84. The maximum atomic E-state index is 13.1. The Morgan fingerprint density at radius 3 is 2.19 bits per heavy atom. The summed E-state index contributed by atoms with van der Waals surface area (Å²) in [5, 5.41) is 9.19. The molecule has 1 heterocycles. The van der Waals surface area contributed by atoms with E-state index >= 15 is 0 Å². The second-order valence-corrected chi connectivity index (χ2v) is 6.78. The van der Waals surface area contributed by atoms with Crippen molar-refractivity contribution < 1.29 is 4.79 Å². The number of rotatable bonds is 8. The summed E-state index contributed by atoms with van der Waals surface area (Å²) in [7, 11) is 0. The molecule has 0 aliphatic heterocycles. The fourth-order valence-electron chi connectivity index (χ4n) is 2.78. The van der Waals surface area contributed by atoms with Gasteiger partial charge in [-0.25, -0.2) is 0 Å². The van der Waals surface area contributed by atoms with Crippen LogP contribution in [0.15, 0.2) is 78.5 Å². The minimum absolute atomic E-state index is 0.0106. The van der Waals surface area contributed by atoms with Gasteiger partial charge in [0.25, 0.3) is 0 Å². The van der Waals surface area contributed by atoms with Crippen molar-refractivity contribution in [1.82, 2.24) is 14.8 Å². The van der Waals surface area contributed by atoms with Gasteiger partial charge in [0.15, 0.2) is 5.16 Å². The van der Waals surface area contributed by atoms with Crippen LogP contribution < -0.4 is 4.90 Å². The quantitative estimate of drug-likeness (QED) is 0.428. The van der Waals surface area contributed by atoms with Crippen molar-refractivity contribution in [3.05, 3.63) is 79.1 Å². The maximum absolute atomic E-state index is 13.1. The number of para-hydroxylation sites is 2. The second kappa shape index (κ2) is 9.19. The van der Waals surface area contributed by atoms with Crippen molar-refractivity contribution in [3.8, 4) is 0 Å². The molecule has 0 aliphatic carbocycles. The molecule has 3 aromatic rings. The molecular formula is C21H22N4OS. The largest absolute Gasteiger partial charge is 0.302 e. The van der Waals surface area contributed by atoms with Gasteiger partial charge in [-0.05, 0) is 24.3 Å². The van der Waals surface area contributed by atoms with Gasteiger partial charge >= 0.3 is 0 Å². The van der Waals surface area contributed by atoms with Crippen molar-refractivity contribution >= 4 is 29.0 Å². The molecule has 0 bridgehead atoms. The van der Waals surface area contributed by atoms with Gasteiger partial charge in [0, 0.05) is 24.3 Å². The van der Waals surface area contributed by atoms with Crippen LogP contribution >= 0.6 is 11.8 Å². The monoisotopic (exact) mass is 378 g/mol. The number of amides is 1. The van der Waals surface area contributed by atoms with Crippen LogP contribution in [0, 0.1) is 0 Å². The van der Waals surface area contributed by atoms with Crippen molar-refractivity contribution in [2.75, 3.05) is 10.7 Å². The summed E-state index contributed by atoms with van der Waals surface area (Å²) in [6.45, 7) is 6.46. The molecule has 138 valence electrons. The summed E-state index contributed by atoms with van der Waals surface area (Å²) in [6, 6.07) is 19.3. The average Bonchev–Trinajstić information content (AvgIpc) is 3.10. The summed E-state index contributed by atoms with van der Waals surface area (Å²) < 4.78 is 2.00. The Morgan fingerprint density at radius 2 is 1.67 bits per heavy atom. The summed E-state index contributed by atoms with van der Waals surface area (Å²) in [6.07, 6.45) is 2.60. The average molecular weight is 379 g/mol. The number of hydrogen-bond acceptors (Lipinski definition) is 4. The summed E-state index contributed by atoms with van der Waals surface area (Å²) in [4.78, 5) is 14.8. The van der Waals surface area contributed by atoms with Crippen LogP contribution in [-0.4, -0.2) is 26.4 Å². The predicted molar refractivity (Wildman–Crippen MR) is 110 cm³/mol.